The van der Waals surface area contributed by atoms with E-state index in [-0.39, 0.29) is 0 Å². The first-order valence-corrected chi connectivity index (χ1v) is 13.2. The Morgan fingerprint density at radius 1 is 1.13 bits per heavy atom. The Morgan fingerprint density at radius 2 is 1.87 bits per heavy atom. The average Bonchev–Trinajstić information content (AvgIpc) is 3.22. The molecule has 1 fully saturated rings. The molecule has 0 unspecified atom stereocenters. The number of benzene rings is 1. The number of hydrogen-bond donors (Lipinski definition) is 1. The van der Waals surface area contributed by atoms with E-state index in [4.69, 9.17) is 16.3 Å². The lowest BCUT2D eigenvalue weighted by atomic mass is 10.1. The van der Waals surface area contributed by atoms with E-state index in [0.717, 1.165) is 47.8 Å². The molecule has 38 heavy (non-hydrogen) atoms. The van der Waals surface area contributed by atoms with E-state index < -0.39 is 11.7 Å². The number of hydrogen-bond acceptors (Lipinski definition) is 6. The summed E-state index contributed by atoms with van der Waals surface area (Å²) in [6.45, 7) is 19.2. The maximum Gasteiger partial charge on any atom is 0.407 e. The number of alkyl carbamates (subject to hydrolysis) is 1. The van der Waals surface area contributed by atoms with E-state index >= 15 is 0 Å². The molecule has 200 valence electrons. The van der Waals surface area contributed by atoms with Crippen LogP contribution in [0.5, 0.6) is 0 Å². The number of nitrogens with zero attached hydrogens (tertiary/aromatic N) is 6. The fraction of sp³-hybridized carbons (Fsp3) is 0.483. The van der Waals surface area contributed by atoms with E-state index in [1.54, 1.807) is 18.5 Å². The molecule has 3 aromatic rings. The molecule has 2 aromatic heterocycles. The highest BCUT2D eigenvalue weighted by Crippen LogP contribution is 2.27. The van der Waals surface area contributed by atoms with E-state index in [2.05, 4.69) is 35.8 Å². The minimum absolute atomic E-state index is 0.433. The maximum absolute atomic E-state index is 11.9. The summed E-state index contributed by atoms with van der Waals surface area (Å²) in [5, 5.41) is 2.76. The first kappa shape index (κ1) is 27.3. The van der Waals surface area contributed by atoms with Gasteiger partial charge in [-0.15, -0.1) is 0 Å². The first-order valence-electron chi connectivity index (χ1n) is 13.2. The summed E-state index contributed by atoms with van der Waals surface area (Å²) in [6, 6.07) is 5.63. The second kappa shape index (κ2) is 12.2. The second-order valence-electron chi connectivity index (χ2n) is 10.8. The van der Waals surface area contributed by atoms with Crippen LogP contribution >= 0.6 is 0 Å². The van der Waals surface area contributed by atoms with Gasteiger partial charge in [0.1, 0.15) is 11.4 Å². The maximum atomic E-state index is 11.9. The molecule has 1 aliphatic rings. The zero-order chi connectivity index (χ0) is 27.1. The standard InChI is InChI=1S/C29H37N7O2/c1-21-34-25(19-35-13-7-6-8-14-35)20-36(21)18-23-15-24(30-5)9-10-26(23)27-32-16-22(17-33-27)11-12-31-28(37)38-29(2,3)4/h9-10,15-17,20H,6-8,11-14,18-19H2,1-4H3,(H,31,37). The summed E-state index contributed by atoms with van der Waals surface area (Å²) in [5.41, 5.74) is 3.91. The molecule has 1 N–H and O–H groups in total. The van der Waals surface area contributed by atoms with Crippen LogP contribution < -0.4 is 5.32 Å². The van der Waals surface area contributed by atoms with Crippen LogP contribution in [0.1, 0.15) is 62.7 Å². The van der Waals surface area contributed by atoms with E-state index in [1.807, 2.05) is 39.8 Å². The lowest BCUT2D eigenvalue weighted by Gasteiger charge is -2.25. The summed E-state index contributed by atoms with van der Waals surface area (Å²) in [5.74, 6) is 1.55. The monoisotopic (exact) mass is 515 g/mol. The lowest BCUT2D eigenvalue weighted by molar-refractivity contribution is 0.0528. The predicted molar refractivity (Wildman–Crippen MR) is 147 cm³/mol. The van der Waals surface area contributed by atoms with Crippen molar-refractivity contribution >= 4 is 11.8 Å². The van der Waals surface area contributed by atoms with Gasteiger partial charge < -0.3 is 14.6 Å². The Morgan fingerprint density at radius 3 is 2.55 bits per heavy atom. The fourth-order valence-electron chi connectivity index (χ4n) is 4.59. The van der Waals surface area contributed by atoms with Gasteiger partial charge in [0.15, 0.2) is 11.5 Å². The summed E-state index contributed by atoms with van der Waals surface area (Å²) in [4.78, 5) is 32.0. The highest BCUT2D eigenvalue weighted by Gasteiger charge is 2.17. The van der Waals surface area contributed by atoms with Crippen LogP contribution in [0.3, 0.4) is 0 Å². The van der Waals surface area contributed by atoms with Crippen molar-refractivity contribution in [3.05, 3.63) is 70.9 Å². The van der Waals surface area contributed by atoms with Gasteiger partial charge in [-0.3, -0.25) is 4.90 Å². The molecular weight excluding hydrogens is 478 g/mol. The molecule has 9 heteroatoms. The van der Waals surface area contributed by atoms with Gasteiger partial charge in [-0.1, -0.05) is 24.6 Å². The zero-order valence-electron chi connectivity index (χ0n) is 22.8. The van der Waals surface area contributed by atoms with Gasteiger partial charge in [0, 0.05) is 43.8 Å². The number of ether oxygens (including phenoxy) is 1. The topological polar surface area (TPSA) is 89.5 Å². The number of aryl methyl sites for hydroxylation is 1. The molecule has 0 saturated carbocycles. The van der Waals surface area contributed by atoms with Crippen LogP contribution in [0.15, 0.2) is 36.8 Å². The third-order valence-corrected chi connectivity index (χ3v) is 6.45. The fourth-order valence-corrected chi connectivity index (χ4v) is 4.59. The van der Waals surface area contributed by atoms with Gasteiger partial charge in [0.2, 0.25) is 0 Å². The van der Waals surface area contributed by atoms with Gasteiger partial charge in [0.05, 0.1) is 12.3 Å². The molecule has 1 aromatic carbocycles. The van der Waals surface area contributed by atoms with Crippen molar-refractivity contribution in [1.29, 1.82) is 0 Å². The number of aromatic nitrogens is 4. The number of imidazole rings is 1. The Bertz CT molecular complexity index is 1280. The Balaban J connectivity index is 1.45. The van der Waals surface area contributed by atoms with Gasteiger partial charge in [-0.05, 0) is 71.2 Å². The number of likely N-dealkylation sites (tertiary alicyclic amines) is 1. The Labute approximate surface area is 225 Å². The van der Waals surface area contributed by atoms with E-state index in [1.165, 1.54) is 19.3 Å². The van der Waals surface area contributed by atoms with E-state index in [0.29, 0.717) is 31.0 Å². The van der Waals surface area contributed by atoms with Crippen LogP contribution in [0.4, 0.5) is 10.5 Å². The van der Waals surface area contributed by atoms with Crippen molar-refractivity contribution in [2.75, 3.05) is 19.6 Å². The first-order chi connectivity index (χ1) is 18.2. The normalized spacial score (nSPS) is 14.2. The van der Waals surface area contributed by atoms with Crippen LogP contribution in [0, 0.1) is 13.5 Å². The van der Waals surface area contributed by atoms with Gasteiger partial charge in [0.25, 0.3) is 0 Å². The van der Waals surface area contributed by atoms with Crippen molar-refractivity contribution in [3.63, 3.8) is 0 Å². The average molecular weight is 516 g/mol. The quantitative estimate of drug-likeness (QED) is 0.410. The zero-order valence-corrected chi connectivity index (χ0v) is 22.8. The molecule has 1 amide bonds. The summed E-state index contributed by atoms with van der Waals surface area (Å²) >= 11 is 0. The van der Waals surface area contributed by atoms with Gasteiger partial charge in [-0.25, -0.2) is 24.6 Å². The Hall–Kier alpha value is -3.77. The largest absolute Gasteiger partial charge is 0.444 e. The van der Waals surface area contributed by atoms with Crippen molar-refractivity contribution < 1.29 is 9.53 Å². The number of amides is 1. The van der Waals surface area contributed by atoms with Crippen molar-refractivity contribution in [1.82, 2.24) is 29.7 Å². The van der Waals surface area contributed by atoms with Crippen LogP contribution in [-0.4, -0.2) is 55.7 Å². The Kier molecular flexibility index (Phi) is 8.74. The third kappa shape index (κ3) is 7.62. The third-order valence-electron chi connectivity index (χ3n) is 6.45. The molecule has 3 heterocycles. The minimum Gasteiger partial charge on any atom is -0.444 e. The van der Waals surface area contributed by atoms with Crippen molar-refractivity contribution in [2.24, 2.45) is 0 Å². The molecule has 0 bridgehead atoms. The molecule has 0 aliphatic carbocycles. The molecule has 1 aliphatic heterocycles. The summed E-state index contributed by atoms with van der Waals surface area (Å²) in [6.07, 6.45) is 9.67. The number of piperidine rings is 1. The smallest absolute Gasteiger partial charge is 0.407 e. The second-order valence-corrected chi connectivity index (χ2v) is 10.8. The van der Waals surface area contributed by atoms with Crippen molar-refractivity contribution in [3.8, 4) is 11.4 Å². The molecular formula is C29H37N7O2. The number of nitrogens with one attached hydrogen (secondary N) is 1. The lowest BCUT2D eigenvalue weighted by Crippen LogP contribution is -2.33. The number of carbonyl (C=O) groups excluding carboxylic acids is 1. The molecule has 9 nitrogen and oxygen atoms in total. The summed E-state index contributed by atoms with van der Waals surface area (Å²) in [7, 11) is 0. The van der Waals surface area contributed by atoms with Crippen LogP contribution in [0.2, 0.25) is 0 Å². The highest BCUT2D eigenvalue weighted by molar-refractivity contribution is 5.67. The van der Waals surface area contributed by atoms with Crippen LogP contribution in [-0.2, 0) is 24.2 Å². The SMILES string of the molecule is [C-]#[N+]c1ccc(-c2ncc(CCNC(=O)OC(C)(C)C)cn2)c(Cn2cc(CN3CCCCC3)nc2C)c1. The number of carbonyl (C=O) groups is 1. The predicted octanol–water partition coefficient (Wildman–Crippen LogP) is 5.30. The van der Waals surface area contributed by atoms with Crippen LogP contribution in [0.25, 0.3) is 16.2 Å². The molecule has 4 rings (SSSR count). The van der Waals surface area contributed by atoms with Gasteiger partial charge in [-0.2, -0.15) is 0 Å². The summed E-state index contributed by atoms with van der Waals surface area (Å²) < 4.78 is 7.41. The highest BCUT2D eigenvalue weighted by atomic mass is 16.6. The molecule has 1 saturated heterocycles. The molecule has 0 spiro atoms. The van der Waals surface area contributed by atoms with E-state index in [9.17, 15) is 4.79 Å². The molecule has 0 atom stereocenters. The van der Waals surface area contributed by atoms with Crippen molar-refractivity contribution in [2.45, 2.75) is 72.1 Å². The van der Waals surface area contributed by atoms with Gasteiger partial charge >= 0.3 is 6.09 Å². The molecule has 0 radical (unpaired) electrons. The minimum atomic E-state index is -0.528. The number of rotatable bonds is 8.